The summed E-state index contributed by atoms with van der Waals surface area (Å²) in [5, 5.41) is 8.68. The van der Waals surface area contributed by atoms with Gasteiger partial charge in [-0.1, -0.05) is 60.7 Å². The number of carbonyl (C=O) groups excluding carboxylic acids is 1. The van der Waals surface area contributed by atoms with Gasteiger partial charge in [0.25, 0.3) is 0 Å². The molecular formula is C24H31Cl3N2O3. The fourth-order valence-electron chi connectivity index (χ4n) is 4.02. The van der Waals surface area contributed by atoms with E-state index in [-0.39, 0.29) is 41.9 Å². The first-order valence-electron chi connectivity index (χ1n) is 10.5. The van der Waals surface area contributed by atoms with Gasteiger partial charge in [0.1, 0.15) is 0 Å². The van der Waals surface area contributed by atoms with E-state index >= 15 is 0 Å². The number of carbonyl (C=O) groups is 2. The molecule has 8 heteroatoms. The summed E-state index contributed by atoms with van der Waals surface area (Å²) in [7, 11) is 0. The van der Waals surface area contributed by atoms with Crippen molar-refractivity contribution >= 4 is 47.6 Å². The lowest BCUT2D eigenvalue weighted by Gasteiger charge is -2.14. The number of halogens is 3. The molecule has 2 aliphatic rings. The van der Waals surface area contributed by atoms with Gasteiger partial charge in [0.2, 0.25) is 5.24 Å². The van der Waals surface area contributed by atoms with Crippen molar-refractivity contribution in [3.8, 4) is 0 Å². The lowest BCUT2D eigenvalue weighted by molar-refractivity contribution is -0.141. The van der Waals surface area contributed by atoms with Crippen LogP contribution in [0.3, 0.4) is 0 Å². The average molecular weight is 502 g/mol. The van der Waals surface area contributed by atoms with Gasteiger partial charge in [-0.3, -0.25) is 19.4 Å². The molecule has 2 aliphatic heterocycles. The van der Waals surface area contributed by atoms with E-state index in [2.05, 4.69) is 34.1 Å². The first-order chi connectivity index (χ1) is 14.5. The highest BCUT2D eigenvalue weighted by molar-refractivity contribution is 6.64. The van der Waals surface area contributed by atoms with Crippen LogP contribution >= 0.6 is 36.4 Å². The van der Waals surface area contributed by atoms with E-state index in [1.165, 1.54) is 11.1 Å². The van der Waals surface area contributed by atoms with Crippen LogP contribution in [-0.4, -0.2) is 52.3 Å². The van der Waals surface area contributed by atoms with E-state index in [9.17, 15) is 9.59 Å². The number of rotatable bonds is 6. The number of hydrogen-bond acceptors (Lipinski definition) is 4. The Morgan fingerprint density at radius 2 is 1.19 bits per heavy atom. The van der Waals surface area contributed by atoms with Gasteiger partial charge < -0.3 is 5.11 Å². The van der Waals surface area contributed by atoms with Crippen LogP contribution in [0, 0.1) is 11.8 Å². The molecule has 2 atom stereocenters. The van der Waals surface area contributed by atoms with Crippen molar-refractivity contribution in [3.05, 3.63) is 71.8 Å². The zero-order valence-corrected chi connectivity index (χ0v) is 20.3. The molecule has 4 rings (SSSR count). The predicted octanol–water partition coefficient (Wildman–Crippen LogP) is 4.71. The molecule has 2 saturated heterocycles. The molecule has 32 heavy (non-hydrogen) atoms. The quantitative estimate of drug-likeness (QED) is 0.581. The molecule has 176 valence electrons. The normalized spacial score (nSPS) is 20.4. The molecule has 0 radical (unpaired) electrons. The molecule has 2 unspecified atom stereocenters. The van der Waals surface area contributed by atoms with Crippen LogP contribution in [0.1, 0.15) is 24.0 Å². The number of carboxylic acids is 1. The second-order valence-corrected chi connectivity index (χ2v) is 8.43. The van der Waals surface area contributed by atoms with Crippen molar-refractivity contribution < 1.29 is 14.7 Å². The fourth-order valence-corrected chi connectivity index (χ4v) is 4.20. The summed E-state index contributed by atoms with van der Waals surface area (Å²) in [6.07, 6.45) is 1.68. The largest absolute Gasteiger partial charge is 0.481 e. The third-order valence-corrected chi connectivity index (χ3v) is 6.02. The molecule has 2 aromatic carbocycles. The SMILES string of the molecule is Cl.Cl.O=C(Cl)C1CCN(Cc2ccccc2)C1.O=C(O)C1CCN(Cc2ccccc2)C1. The fraction of sp³-hybridized carbons (Fsp3) is 0.417. The van der Waals surface area contributed by atoms with Crippen molar-refractivity contribution in [3.63, 3.8) is 0 Å². The van der Waals surface area contributed by atoms with Crippen LogP contribution in [0.4, 0.5) is 0 Å². The monoisotopic (exact) mass is 500 g/mol. The third kappa shape index (κ3) is 9.08. The van der Waals surface area contributed by atoms with Crippen molar-refractivity contribution in [2.75, 3.05) is 26.2 Å². The number of carboxylic acid groups (broad SMARTS) is 1. The molecule has 0 bridgehead atoms. The number of nitrogens with zero attached hydrogens (tertiary/aromatic N) is 2. The van der Waals surface area contributed by atoms with Crippen LogP contribution in [0.5, 0.6) is 0 Å². The highest BCUT2D eigenvalue weighted by atomic mass is 35.5. The lowest BCUT2D eigenvalue weighted by atomic mass is 10.1. The highest BCUT2D eigenvalue weighted by Crippen LogP contribution is 2.20. The number of hydrogen-bond donors (Lipinski definition) is 1. The van der Waals surface area contributed by atoms with Crippen LogP contribution in [0.25, 0.3) is 0 Å². The van der Waals surface area contributed by atoms with E-state index in [0.29, 0.717) is 6.54 Å². The maximum Gasteiger partial charge on any atom is 0.307 e. The van der Waals surface area contributed by atoms with Gasteiger partial charge in [-0.2, -0.15) is 0 Å². The average Bonchev–Trinajstić information content (AvgIpc) is 3.40. The van der Waals surface area contributed by atoms with Gasteiger partial charge in [0.05, 0.1) is 5.92 Å². The third-order valence-electron chi connectivity index (χ3n) is 5.71. The maximum absolute atomic E-state index is 11.0. The Morgan fingerprint density at radius 1 is 0.781 bits per heavy atom. The van der Waals surface area contributed by atoms with E-state index < -0.39 is 5.97 Å². The minimum Gasteiger partial charge on any atom is -0.481 e. The van der Waals surface area contributed by atoms with Gasteiger partial charge >= 0.3 is 5.97 Å². The predicted molar refractivity (Wildman–Crippen MR) is 133 cm³/mol. The summed E-state index contributed by atoms with van der Waals surface area (Å²) in [4.78, 5) is 26.2. The van der Waals surface area contributed by atoms with Crippen molar-refractivity contribution in [2.24, 2.45) is 11.8 Å². The zero-order chi connectivity index (χ0) is 21.3. The Morgan fingerprint density at radius 3 is 1.53 bits per heavy atom. The minimum absolute atomic E-state index is 0. The Kier molecular flexibility index (Phi) is 12.9. The molecule has 2 fully saturated rings. The second-order valence-electron chi connectivity index (χ2n) is 8.05. The summed E-state index contributed by atoms with van der Waals surface area (Å²) < 4.78 is 0. The Bertz CT molecular complexity index is 754. The zero-order valence-electron chi connectivity index (χ0n) is 17.9. The Balaban J connectivity index is 0.000000301. The summed E-state index contributed by atoms with van der Waals surface area (Å²) in [6.45, 7) is 5.14. The lowest BCUT2D eigenvalue weighted by Crippen LogP contribution is -2.22. The molecule has 0 aliphatic carbocycles. The van der Waals surface area contributed by atoms with Gasteiger partial charge in [0, 0.05) is 32.1 Å². The van der Waals surface area contributed by atoms with E-state index in [1.807, 2.05) is 36.4 Å². The van der Waals surface area contributed by atoms with Gasteiger partial charge in [0.15, 0.2) is 0 Å². The molecule has 0 saturated carbocycles. The summed E-state index contributed by atoms with van der Waals surface area (Å²) in [5.41, 5.74) is 2.55. The number of likely N-dealkylation sites (tertiary alicyclic amines) is 2. The first kappa shape index (κ1) is 28.4. The van der Waals surface area contributed by atoms with E-state index in [0.717, 1.165) is 45.6 Å². The summed E-state index contributed by atoms with van der Waals surface area (Å²) >= 11 is 5.49. The van der Waals surface area contributed by atoms with Crippen LogP contribution < -0.4 is 0 Å². The smallest absolute Gasteiger partial charge is 0.307 e. The van der Waals surface area contributed by atoms with Crippen molar-refractivity contribution in [2.45, 2.75) is 25.9 Å². The standard InChI is InChI=1S/C12H14ClNO.C12H15NO2.2ClH/c13-12(15)11-6-7-14(9-11)8-10-4-2-1-3-5-10;14-12(15)11-6-7-13(9-11)8-10-4-2-1-3-5-10;;/h1-5,11H,6-9H2;1-5,11H,6-9H2,(H,14,15);2*1H. The minimum atomic E-state index is -0.662. The molecule has 0 amide bonds. The summed E-state index contributed by atoms with van der Waals surface area (Å²) in [6, 6.07) is 20.5. The molecular weight excluding hydrogens is 471 g/mol. The van der Waals surface area contributed by atoms with Crippen molar-refractivity contribution in [1.82, 2.24) is 9.80 Å². The Hall–Kier alpha value is -1.63. The van der Waals surface area contributed by atoms with Crippen LogP contribution in [-0.2, 0) is 22.7 Å². The molecule has 1 N–H and O–H groups in total. The molecule has 5 nitrogen and oxygen atoms in total. The first-order valence-corrected chi connectivity index (χ1v) is 10.8. The van der Waals surface area contributed by atoms with Crippen molar-refractivity contribution in [1.29, 1.82) is 0 Å². The molecule has 2 aromatic rings. The molecule has 2 heterocycles. The van der Waals surface area contributed by atoms with Crippen LogP contribution in [0.2, 0.25) is 0 Å². The number of benzene rings is 2. The topological polar surface area (TPSA) is 60.9 Å². The van der Waals surface area contributed by atoms with Gasteiger partial charge in [-0.25, -0.2) is 0 Å². The summed E-state index contributed by atoms with van der Waals surface area (Å²) in [5.74, 6) is -0.797. The van der Waals surface area contributed by atoms with Gasteiger partial charge in [-0.15, -0.1) is 24.8 Å². The molecule has 0 spiro atoms. The van der Waals surface area contributed by atoms with E-state index in [4.69, 9.17) is 16.7 Å². The highest BCUT2D eigenvalue weighted by Gasteiger charge is 2.28. The maximum atomic E-state index is 11.0. The second kappa shape index (κ2) is 14.5. The van der Waals surface area contributed by atoms with Crippen LogP contribution in [0.15, 0.2) is 60.7 Å². The van der Waals surface area contributed by atoms with E-state index in [1.54, 1.807) is 0 Å². The molecule has 0 aromatic heterocycles. The number of aliphatic carboxylic acids is 1. The Labute approximate surface area is 207 Å². The van der Waals surface area contributed by atoms with Gasteiger partial charge in [-0.05, 0) is 48.7 Å².